The summed E-state index contributed by atoms with van der Waals surface area (Å²) in [5.74, 6) is -2.11. The highest BCUT2D eigenvalue weighted by molar-refractivity contribution is 8.31. The van der Waals surface area contributed by atoms with Crippen LogP contribution >= 0.6 is 10.8 Å². The summed E-state index contributed by atoms with van der Waals surface area (Å²) in [5, 5.41) is 15.3. The molecule has 0 saturated carbocycles. The average Bonchev–Trinajstić information content (AvgIpc) is 3.16. The highest BCUT2D eigenvalue weighted by Gasteiger charge is 2.29. The molecular weight excluding hydrogens is 530 g/mol. The van der Waals surface area contributed by atoms with Crippen LogP contribution in [0.1, 0.15) is 41.3 Å². The Balaban J connectivity index is 1.50. The van der Waals surface area contributed by atoms with E-state index in [0.717, 1.165) is 6.08 Å². The monoisotopic (exact) mass is 561 g/mol. The molecule has 0 radical (unpaired) electrons. The summed E-state index contributed by atoms with van der Waals surface area (Å²) in [6.45, 7) is 1.85. The lowest BCUT2D eigenvalue weighted by molar-refractivity contribution is -0.128. The Bertz CT molecular complexity index is 1260. The van der Waals surface area contributed by atoms with Gasteiger partial charge in [0.1, 0.15) is 23.1 Å². The van der Waals surface area contributed by atoms with Gasteiger partial charge in [0.25, 0.3) is 5.91 Å². The minimum atomic E-state index is -3.40. The molecule has 13 heteroatoms. The summed E-state index contributed by atoms with van der Waals surface area (Å²) in [6, 6.07) is 10.2. The molecule has 6 N–H and O–H groups in total. The van der Waals surface area contributed by atoms with Gasteiger partial charge < -0.3 is 25.2 Å². The Kier molecular flexibility index (Phi) is 9.93. The smallest absolute Gasteiger partial charge is 0.345 e. The highest BCUT2D eigenvalue weighted by atomic mass is 32.3. The molecule has 0 aromatic heterocycles. The van der Waals surface area contributed by atoms with Gasteiger partial charge in [0, 0.05) is 26.0 Å². The van der Waals surface area contributed by atoms with Crippen molar-refractivity contribution in [1.29, 1.82) is 0 Å². The molecular formula is C26H31N3O9S. The van der Waals surface area contributed by atoms with Crippen LogP contribution in [0.2, 0.25) is 0 Å². The van der Waals surface area contributed by atoms with E-state index in [1.54, 1.807) is 36.4 Å². The number of esters is 1. The third-order valence-electron chi connectivity index (χ3n) is 5.71. The van der Waals surface area contributed by atoms with E-state index in [2.05, 4.69) is 20.1 Å². The normalized spacial score (nSPS) is 15.4. The van der Waals surface area contributed by atoms with Gasteiger partial charge >= 0.3 is 5.97 Å². The maximum Gasteiger partial charge on any atom is 0.345 e. The molecule has 1 aliphatic heterocycles. The van der Waals surface area contributed by atoms with Crippen LogP contribution in [0.3, 0.4) is 0 Å². The molecule has 0 spiro atoms. The van der Waals surface area contributed by atoms with Gasteiger partial charge in [0.05, 0.1) is 18.6 Å². The Morgan fingerprint density at radius 2 is 1.79 bits per heavy atom. The molecule has 1 aliphatic rings. The summed E-state index contributed by atoms with van der Waals surface area (Å²) in [7, 11) is -2.19. The SMILES string of the molecule is COC(=O)c1c(O)cccc1OCCCCNC(=O)C(Cc1ccc(C2=CC(=O)NS2(O)O)cc1)NC(C)=O. The number of phenolic OH excluding ortho intramolecular Hbond substituents is 1. The third kappa shape index (κ3) is 7.96. The van der Waals surface area contributed by atoms with Gasteiger partial charge in [-0.1, -0.05) is 41.1 Å². The second-order valence-electron chi connectivity index (χ2n) is 8.67. The van der Waals surface area contributed by atoms with Crippen molar-refractivity contribution in [3.63, 3.8) is 0 Å². The van der Waals surface area contributed by atoms with Crippen molar-refractivity contribution in [2.75, 3.05) is 20.3 Å². The van der Waals surface area contributed by atoms with Crippen molar-refractivity contribution in [3.8, 4) is 11.5 Å². The molecule has 0 saturated heterocycles. The van der Waals surface area contributed by atoms with Crippen LogP contribution in [0.15, 0.2) is 48.5 Å². The zero-order valence-corrected chi connectivity index (χ0v) is 22.2. The standard InChI is InChI=1S/C26H31N3O9S/c1-16(30)28-19(14-17-8-10-18(11-9-17)22-15-23(32)29-39(22,35)36)25(33)27-12-3-4-13-38-21-7-5-6-20(31)24(21)26(34)37-2/h5-11,15,19,31,35-36H,3-4,12-14H2,1-2H3,(H,27,33)(H,28,30)(H,29,32). The fourth-order valence-corrected chi connectivity index (χ4v) is 5.05. The van der Waals surface area contributed by atoms with Crippen LogP contribution in [0.25, 0.3) is 4.91 Å². The summed E-state index contributed by atoms with van der Waals surface area (Å²) < 4.78 is 32.4. The van der Waals surface area contributed by atoms with Gasteiger partial charge in [0.15, 0.2) is 0 Å². The molecule has 1 atom stereocenters. The Morgan fingerprint density at radius 1 is 1.08 bits per heavy atom. The zero-order valence-electron chi connectivity index (χ0n) is 21.4. The van der Waals surface area contributed by atoms with E-state index in [-0.39, 0.29) is 46.8 Å². The van der Waals surface area contributed by atoms with Gasteiger partial charge in [-0.05, 0) is 36.1 Å². The number of rotatable bonds is 12. The van der Waals surface area contributed by atoms with E-state index in [9.17, 15) is 33.4 Å². The molecule has 0 bridgehead atoms. The molecule has 3 amide bonds. The summed E-state index contributed by atoms with van der Waals surface area (Å²) in [4.78, 5) is 47.9. The lowest BCUT2D eigenvalue weighted by Crippen LogP contribution is -2.47. The minimum Gasteiger partial charge on any atom is -0.507 e. The second kappa shape index (κ2) is 13.1. The van der Waals surface area contributed by atoms with Gasteiger partial charge in [-0.15, -0.1) is 0 Å². The third-order valence-corrected chi connectivity index (χ3v) is 7.16. The van der Waals surface area contributed by atoms with Crippen molar-refractivity contribution < 1.29 is 42.9 Å². The van der Waals surface area contributed by atoms with E-state index in [4.69, 9.17) is 4.74 Å². The van der Waals surface area contributed by atoms with E-state index in [1.807, 2.05) is 0 Å². The fraction of sp³-hybridized carbons (Fsp3) is 0.308. The van der Waals surface area contributed by atoms with Crippen LogP contribution in [0.4, 0.5) is 0 Å². The van der Waals surface area contributed by atoms with Crippen LogP contribution in [-0.2, 0) is 25.5 Å². The number of methoxy groups -OCH3 is 1. The predicted molar refractivity (Wildman–Crippen MR) is 144 cm³/mol. The summed E-state index contributed by atoms with van der Waals surface area (Å²) >= 11 is 0. The molecule has 2 aromatic carbocycles. The van der Waals surface area contributed by atoms with Gasteiger partial charge in [-0.2, -0.15) is 0 Å². The van der Waals surface area contributed by atoms with Gasteiger partial charge in [0.2, 0.25) is 11.8 Å². The van der Waals surface area contributed by atoms with E-state index < -0.39 is 28.7 Å². The first-order valence-corrected chi connectivity index (χ1v) is 13.6. The van der Waals surface area contributed by atoms with Crippen LogP contribution in [0, 0.1) is 0 Å². The molecule has 0 fully saturated rings. The average molecular weight is 562 g/mol. The number of nitrogens with one attached hydrogen (secondary N) is 3. The molecule has 12 nitrogen and oxygen atoms in total. The number of phenols is 1. The lowest BCUT2D eigenvalue weighted by atomic mass is 10.0. The molecule has 3 rings (SSSR count). The number of amides is 3. The molecule has 1 heterocycles. The van der Waals surface area contributed by atoms with Crippen molar-refractivity contribution in [1.82, 2.24) is 15.4 Å². The number of unbranched alkanes of at least 4 members (excludes halogenated alkanes) is 1. The quantitative estimate of drug-likeness (QED) is 0.167. The van der Waals surface area contributed by atoms with Crippen molar-refractivity contribution in [2.45, 2.75) is 32.2 Å². The molecule has 210 valence electrons. The Labute approximate surface area is 226 Å². The number of ether oxygens (including phenoxy) is 2. The van der Waals surface area contributed by atoms with Crippen LogP contribution in [0.5, 0.6) is 11.5 Å². The number of carbonyl (C=O) groups excluding carboxylic acids is 4. The molecule has 2 aromatic rings. The van der Waals surface area contributed by atoms with Crippen molar-refractivity contribution in [2.24, 2.45) is 0 Å². The van der Waals surface area contributed by atoms with Crippen molar-refractivity contribution in [3.05, 3.63) is 65.2 Å². The first kappa shape index (κ1) is 29.5. The maximum atomic E-state index is 12.8. The number of carbonyl (C=O) groups is 4. The first-order valence-electron chi connectivity index (χ1n) is 12.0. The minimum absolute atomic E-state index is 0.0575. The topological polar surface area (TPSA) is 184 Å². The van der Waals surface area contributed by atoms with Crippen molar-refractivity contribution >= 4 is 39.4 Å². The zero-order chi connectivity index (χ0) is 28.6. The number of hydrogen-bond donors (Lipinski definition) is 6. The Hall–Kier alpha value is -4.07. The molecule has 39 heavy (non-hydrogen) atoms. The largest absolute Gasteiger partial charge is 0.507 e. The van der Waals surface area contributed by atoms with Gasteiger partial charge in [-0.25, -0.2) is 9.52 Å². The summed E-state index contributed by atoms with van der Waals surface area (Å²) in [6.07, 6.45) is 2.41. The number of benzene rings is 2. The lowest BCUT2D eigenvalue weighted by Gasteiger charge is -2.29. The first-order chi connectivity index (χ1) is 18.5. The Morgan fingerprint density at radius 3 is 2.41 bits per heavy atom. The fourth-order valence-electron chi connectivity index (χ4n) is 3.86. The van der Waals surface area contributed by atoms with Crippen LogP contribution in [-0.4, -0.2) is 64.2 Å². The maximum absolute atomic E-state index is 12.8. The van der Waals surface area contributed by atoms with Crippen LogP contribution < -0.4 is 20.1 Å². The molecule has 1 unspecified atom stereocenters. The second-order valence-corrected chi connectivity index (χ2v) is 10.4. The van der Waals surface area contributed by atoms with E-state index in [0.29, 0.717) is 30.5 Å². The molecule has 0 aliphatic carbocycles. The predicted octanol–water partition coefficient (Wildman–Crippen LogP) is 2.34. The van der Waals surface area contributed by atoms with E-state index >= 15 is 0 Å². The summed E-state index contributed by atoms with van der Waals surface area (Å²) in [5.41, 5.74) is 1.10. The van der Waals surface area contributed by atoms with E-state index in [1.165, 1.54) is 20.1 Å². The van der Waals surface area contributed by atoms with Gasteiger partial charge in [-0.3, -0.25) is 23.5 Å². The number of aromatic hydroxyl groups is 1. The highest BCUT2D eigenvalue weighted by Crippen LogP contribution is 2.52. The number of hydrogen-bond acceptors (Lipinski definition) is 9.